The number of rotatable bonds is 4. The van der Waals surface area contributed by atoms with Crippen LogP contribution in [0.3, 0.4) is 0 Å². The van der Waals surface area contributed by atoms with Crippen molar-refractivity contribution < 1.29 is 18.7 Å². The molecule has 2 aromatic carbocycles. The fourth-order valence-corrected chi connectivity index (χ4v) is 4.72. The molecule has 1 unspecified atom stereocenters. The standard InChI is InChI=1S/C19H27O4P/c1-18(2,3)22-24(21,23-19(4,5)6)17(20)16-12-11-14-9-7-8-10-15(14)13-16/h7-13,17,20H,1-6H3. The summed E-state index contributed by atoms with van der Waals surface area (Å²) in [5, 5.41) is 12.8. The third-order valence-corrected chi connectivity index (χ3v) is 5.68. The molecule has 0 bridgehead atoms. The van der Waals surface area contributed by atoms with E-state index >= 15 is 0 Å². The maximum Gasteiger partial charge on any atom is 0.364 e. The van der Waals surface area contributed by atoms with E-state index in [2.05, 4.69) is 0 Å². The van der Waals surface area contributed by atoms with Crippen molar-refractivity contribution in [2.24, 2.45) is 0 Å². The highest BCUT2D eigenvalue weighted by atomic mass is 31.2. The SMILES string of the molecule is CC(C)(C)OP(=O)(OC(C)(C)C)C(O)c1ccc2ccccc2c1. The lowest BCUT2D eigenvalue weighted by Gasteiger charge is -2.34. The summed E-state index contributed by atoms with van der Waals surface area (Å²) in [5.74, 6) is -1.35. The first kappa shape index (κ1) is 19.1. The molecule has 0 amide bonds. The summed E-state index contributed by atoms with van der Waals surface area (Å²) in [4.78, 5) is 0. The Bertz CT molecular complexity index is 736. The Labute approximate surface area is 144 Å². The minimum atomic E-state index is -3.80. The van der Waals surface area contributed by atoms with Gasteiger partial charge in [-0.25, -0.2) is 0 Å². The fourth-order valence-electron chi connectivity index (χ4n) is 2.43. The number of aliphatic hydroxyl groups is 1. The van der Waals surface area contributed by atoms with E-state index in [1.807, 2.05) is 36.4 Å². The van der Waals surface area contributed by atoms with Crippen LogP contribution in [-0.4, -0.2) is 16.3 Å². The van der Waals surface area contributed by atoms with Crippen LogP contribution in [0.25, 0.3) is 10.8 Å². The Hall–Kier alpha value is -1.19. The molecular weight excluding hydrogens is 323 g/mol. The number of hydrogen-bond acceptors (Lipinski definition) is 4. The van der Waals surface area contributed by atoms with Gasteiger partial charge in [0.15, 0.2) is 5.85 Å². The van der Waals surface area contributed by atoms with Crippen LogP contribution in [0, 0.1) is 0 Å². The highest BCUT2D eigenvalue weighted by Crippen LogP contribution is 2.63. The van der Waals surface area contributed by atoms with Crippen molar-refractivity contribution in [3.8, 4) is 0 Å². The van der Waals surface area contributed by atoms with Gasteiger partial charge < -0.3 is 14.2 Å². The summed E-state index contributed by atoms with van der Waals surface area (Å²) >= 11 is 0. The lowest BCUT2D eigenvalue weighted by molar-refractivity contribution is 0.0271. The Kier molecular flexibility index (Phi) is 5.27. The molecule has 0 aliphatic rings. The number of aliphatic hydroxyl groups excluding tert-OH is 1. The molecule has 0 spiro atoms. The number of benzene rings is 2. The Balaban J connectivity index is 2.45. The van der Waals surface area contributed by atoms with Crippen molar-refractivity contribution in [1.82, 2.24) is 0 Å². The van der Waals surface area contributed by atoms with Gasteiger partial charge >= 0.3 is 7.60 Å². The van der Waals surface area contributed by atoms with E-state index in [-0.39, 0.29) is 0 Å². The molecule has 2 aromatic rings. The molecule has 0 fully saturated rings. The first-order valence-electron chi connectivity index (χ1n) is 8.08. The first-order valence-corrected chi connectivity index (χ1v) is 9.69. The molecule has 2 rings (SSSR count). The van der Waals surface area contributed by atoms with Crippen molar-refractivity contribution in [1.29, 1.82) is 0 Å². The molecular formula is C19H27O4P. The molecule has 132 valence electrons. The average molecular weight is 350 g/mol. The highest BCUT2D eigenvalue weighted by Gasteiger charge is 2.42. The van der Waals surface area contributed by atoms with Crippen LogP contribution < -0.4 is 0 Å². The summed E-state index contributed by atoms with van der Waals surface area (Å²) in [6, 6.07) is 13.3. The molecule has 0 heterocycles. The zero-order valence-electron chi connectivity index (χ0n) is 15.2. The molecule has 0 saturated carbocycles. The first-order chi connectivity index (χ1) is 10.9. The lowest BCUT2D eigenvalue weighted by Crippen LogP contribution is -2.26. The largest absolute Gasteiger partial charge is 0.376 e. The third-order valence-electron chi connectivity index (χ3n) is 3.17. The smallest absolute Gasteiger partial charge is 0.364 e. The molecule has 0 aromatic heterocycles. The van der Waals surface area contributed by atoms with Gasteiger partial charge in [0, 0.05) is 0 Å². The van der Waals surface area contributed by atoms with Crippen molar-refractivity contribution in [2.75, 3.05) is 0 Å². The van der Waals surface area contributed by atoms with Crippen LogP contribution in [0.4, 0.5) is 0 Å². The Morgan fingerprint density at radius 3 is 1.88 bits per heavy atom. The normalized spacial score (nSPS) is 14.8. The van der Waals surface area contributed by atoms with Crippen LogP contribution in [0.15, 0.2) is 42.5 Å². The topological polar surface area (TPSA) is 55.8 Å². The van der Waals surface area contributed by atoms with Crippen LogP contribution in [0.2, 0.25) is 0 Å². The maximum atomic E-state index is 13.4. The fraction of sp³-hybridized carbons (Fsp3) is 0.474. The zero-order valence-corrected chi connectivity index (χ0v) is 16.1. The average Bonchev–Trinajstić information content (AvgIpc) is 2.42. The van der Waals surface area contributed by atoms with Crippen LogP contribution in [-0.2, 0) is 13.6 Å². The second-order valence-electron chi connectivity index (χ2n) is 7.93. The van der Waals surface area contributed by atoms with Crippen molar-refractivity contribution >= 4 is 18.4 Å². The summed E-state index contributed by atoms with van der Waals surface area (Å²) in [6.45, 7) is 10.7. The molecule has 1 N–H and O–H groups in total. The monoisotopic (exact) mass is 350 g/mol. The maximum absolute atomic E-state index is 13.4. The molecule has 0 aliphatic carbocycles. The van der Waals surface area contributed by atoms with E-state index in [0.717, 1.165) is 10.8 Å². The van der Waals surface area contributed by atoms with Crippen molar-refractivity contribution in [2.45, 2.75) is 58.6 Å². The van der Waals surface area contributed by atoms with E-state index in [1.165, 1.54) is 0 Å². The molecule has 0 saturated heterocycles. The van der Waals surface area contributed by atoms with Gasteiger partial charge in [0.1, 0.15) is 0 Å². The van der Waals surface area contributed by atoms with Gasteiger partial charge in [-0.1, -0.05) is 36.4 Å². The molecule has 0 radical (unpaired) electrons. The molecule has 24 heavy (non-hydrogen) atoms. The van der Waals surface area contributed by atoms with E-state index < -0.39 is 24.6 Å². The van der Waals surface area contributed by atoms with Crippen molar-refractivity contribution in [3.63, 3.8) is 0 Å². The van der Waals surface area contributed by atoms with Gasteiger partial charge in [-0.3, -0.25) is 4.57 Å². The van der Waals surface area contributed by atoms with Crippen LogP contribution in [0.1, 0.15) is 53.0 Å². The summed E-state index contributed by atoms with van der Waals surface area (Å²) in [6.07, 6.45) is 0. The van der Waals surface area contributed by atoms with Gasteiger partial charge in [0.2, 0.25) is 0 Å². The summed E-state index contributed by atoms with van der Waals surface area (Å²) in [5.41, 5.74) is -0.900. The predicted molar refractivity (Wildman–Crippen MR) is 98.2 cm³/mol. The second kappa shape index (κ2) is 6.61. The predicted octanol–water partition coefficient (Wildman–Crippen LogP) is 5.65. The highest BCUT2D eigenvalue weighted by molar-refractivity contribution is 7.54. The van der Waals surface area contributed by atoms with Gasteiger partial charge in [-0.05, 0) is 63.9 Å². The Morgan fingerprint density at radius 1 is 0.875 bits per heavy atom. The quantitative estimate of drug-likeness (QED) is 0.724. The molecule has 0 aliphatic heterocycles. The van der Waals surface area contributed by atoms with Gasteiger partial charge in [0.25, 0.3) is 0 Å². The van der Waals surface area contributed by atoms with E-state index in [4.69, 9.17) is 9.05 Å². The molecule has 5 heteroatoms. The second-order valence-corrected chi connectivity index (χ2v) is 9.86. The third kappa shape index (κ3) is 4.90. The van der Waals surface area contributed by atoms with Gasteiger partial charge in [0.05, 0.1) is 11.2 Å². The minimum Gasteiger partial charge on any atom is -0.376 e. The summed E-state index contributed by atoms with van der Waals surface area (Å²) < 4.78 is 24.8. The van der Waals surface area contributed by atoms with E-state index in [1.54, 1.807) is 47.6 Å². The van der Waals surface area contributed by atoms with E-state index in [9.17, 15) is 9.67 Å². The van der Waals surface area contributed by atoms with Crippen LogP contribution >= 0.6 is 7.60 Å². The summed E-state index contributed by atoms with van der Waals surface area (Å²) in [7, 11) is -3.80. The zero-order chi connectivity index (χ0) is 18.2. The number of hydrogen-bond donors (Lipinski definition) is 1. The van der Waals surface area contributed by atoms with Gasteiger partial charge in [-0.2, -0.15) is 0 Å². The Morgan fingerprint density at radius 2 is 1.38 bits per heavy atom. The minimum absolute atomic E-state index is 0.519. The lowest BCUT2D eigenvalue weighted by atomic mass is 10.1. The van der Waals surface area contributed by atoms with Crippen LogP contribution in [0.5, 0.6) is 0 Å². The molecule has 1 atom stereocenters. The van der Waals surface area contributed by atoms with E-state index in [0.29, 0.717) is 5.56 Å². The van der Waals surface area contributed by atoms with Crippen molar-refractivity contribution in [3.05, 3.63) is 48.0 Å². The van der Waals surface area contributed by atoms with Gasteiger partial charge in [-0.15, -0.1) is 0 Å². The molecule has 4 nitrogen and oxygen atoms in total. The number of fused-ring (bicyclic) bond motifs is 1.